The molecular formula is C29H29F6N2. The fourth-order valence-corrected chi connectivity index (χ4v) is 5.27. The van der Waals surface area contributed by atoms with Gasteiger partial charge in [0, 0.05) is 31.9 Å². The van der Waals surface area contributed by atoms with E-state index in [1.54, 1.807) is 12.1 Å². The number of benzene rings is 3. The fraction of sp³-hybridized carbons (Fsp3) is 0.345. The predicted molar refractivity (Wildman–Crippen MR) is 133 cm³/mol. The molecular weight excluding hydrogens is 490 g/mol. The van der Waals surface area contributed by atoms with Gasteiger partial charge in [-0.2, -0.15) is 26.3 Å². The summed E-state index contributed by atoms with van der Waals surface area (Å²) in [5, 5.41) is 0. The average Bonchev–Trinajstić information content (AvgIpc) is 2.83. The lowest BCUT2D eigenvalue weighted by molar-refractivity contribution is -0.143. The van der Waals surface area contributed by atoms with Crippen molar-refractivity contribution < 1.29 is 26.3 Å². The molecule has 1 aliphatic rings. The maximum Gasteiger partial charge on any atom is 0.416 e. The highest BCUT2D eigenvalue weighted by Gasteiger charge is 2.40. The molecule has 1 saturated heterocycles. The summed E-state index contributed by atoms with van der Waals surface area (Å²) in [6.07, 6.45) is -9.90. The van der Waals surface area contributed by atoms with Crippen LogP contribution in [0.2, 0.25) is 0 Å². The van der Waals surface area contributed by atoms with Crippen LogP contribution in [0.25, 0.3) is 0 Å². The second-order valence-electron chi connectivity index (χ2n) is 9.70. The molecule has 1 heterocycles. The molecule has 0 amide bonds. The largest absolute Gasteiger partial charge is 0.416 e. The highest BCUT2D eigenvalue weighted by Crippen LogP contribution is 2.39. The van der Waals surface area contributed by atoms with E-state index in [2.05, 4.69) is 42.7 Å². The number of hydrogen-bond donors (Lipinski definition) is 0. The van der Waals surface area contributed by atoms with E-state index in [-0.39, 0.29) is 18.1 Å². The first-order valence-electron chi connectivity index (χ1n) is 12.0. The lowest BCUT2D eigenvalue weighted by Crippen LogP contribution is -2.55. The molecule has 1 unspecified atom stereocenters. The first-order chi connectivity index (χ1) is 17.3. The summed E-state index contributed by atoms with van der Waals surface area (Å²) < 4.78 is 81.1. The highest BCUT2D eigenvalue weighted by molar-refractivity contribution is 5.59. The van der Waals surface area contributed by atoms with Crippen molar-refractivity contribution >= 4 is 5.69 Å². The Labute approximate surface area is 213 Å². The van der Waals surface area contributed by atoms with Crippen molar-refractivity contribution in [3.05, 3.63) is 107 Å². The number of rotatable bonds is 5. The van der Waals surface area contributed by atoms with Gasteiger partial charge in [-0.1, -0.05) is 48.5 Å². The van der Waals surface area contributed by atoms with Crippen LogP contribution in [0.5, 0.6) is 0 Å². The Bertz CT molecular complexity index is 1170. The third kappa shape index (κ3) is 5.79. The van der Waals surface area contributed by atoms with Crippen molar-refractivity contribution in [1.29, 1.82) is 0 Å². The van der Waals surface area contributed by atoms with Crippen LogP contribution in [0.15, 0.2) is 66.7 Å². The molecule has 0 spiro atoms. The Morgan fingerprint density at radius 3 is 1.68 bits per heavy atom. The summed E-state index contributed by atoms with van der Waals surface area (Å²) in [7, 11) is 0. The van der Waals surface area contributed by atoms with Crippen LogP contribution >= 0.6 is 0 Å². The maximum atomic E-state index is 13.5. The van der Waals surface area contributed by atoms with E-state index >= 15 is 0 Å². The van der Waals surface area contributed by atoms with Gasteiger partial charge in [0.2, 0.25) is 0 Å². The molecule has 8 heteroatoms. The lowest BCUT2D eigenvalue weighted by atomic mass is 9.82. The number of nitrogens with zero attached hydrogens (tertiary/aromatic N) is 2. The third-order valence-corrected chi connectivity index (χ3v) is 7.10. The molecule has 1 aliphatic heterocycles. The minimum Gasteiger partial charge on any atom is -0.369 e. The number of para-hydroxylation sites is 1. The Balaban J connectivity index is 1.69. The summed E-state index contributed by atoms with van der Waals surface area (Å²) in [6.45, 7) is 10.9. The summed E-state index contributed by atoms with van der Waals surface area (Å²) in [5.41, 5.74) is 0.465. The van der Waals surface area contributed by atoms with Crippen LogP contribution in [0.1, 0.15) is 33.4 Å². The number of piperazine rings is 1. The van der Waals surface area contributed by atoms with Crippen LogP contribution in [-0.2, 0) is 24.3 Å². The minimum atomic E-state index is -4.90. The minimum absolute atomic E-state index is 0.0572. The molecule has 37 heavy (non-hydrogen) atoms. The SMILES string of the molecule is [CH2]C(Cc1cc(C(F)(F)F)cc(C(F)(F)F)c1)(c1ccccc1)N1CCN(c2c(C)cccc2C)CC1. The van der Waals surface area contributed by atoms with Gasteiger partial charge in [-0.05, 0) is 67.6 Å². The second-order valence-corrected chi connectivity index (χ2v) is 9.70. The number of halogens is 6. The normalized spacial score (nSPS) is 17.1. The van der Waals surface area contributed by atoms with Crippen molar-refractivity contribution in [2.75, 3.05) is 31.1 Å². The van der Waals surface area contributed by atoms with Gasteiger partial charge in [0.1, 0.15) is 0 Å². The molecule has 0 bridgehead atoms. The first kappa shape index (κ1) is 27.0. The number of anilines is 1. The van der Waals surface area contributed by atoms with Crippen LogP contribution in [0.3, 0.4) is 0 Å². The molecule has 0 N–H and O–H groups in total. The van der Waals surface area contributed by atoms with Gasteiger partial charge < -0.3 is 4.90 Å². The zero-order chi connectivity index (χ0) is 27.0. The summed E-state index contributed by atoms with van der Waals surface area (Å²) in [5.74, 6) is 0. The van der Waals surface area contributed by atoms with Gasteiger partial charge >= 0.3 is 12.4 Å². The predicted octanol–water partition coefficient (Wildman–Crippen LogP) is 7.44. The van der Waals surface area contributed by atoms with E-state index < -0.39 is 29.0 Å². The van der Waals surface area contributed by atoms with E-state index in [0.717, 1.165) is 34.5 Å². The van der Waals surface area contributed by atoms with E-state index in [4.69, 9.17) is 0 Å². The topological polar surface area (TPSA) is 6.48 Å². The van der Waals surface area contributed by atoms with E-state index in [9.17, 15) is 26.3 Å². The van der Waals surface area contributed by atoms with E-state index in [1.165, 1.54) is 0 Å². The quantitative estimate of drug-likeness (QED) is 0.324. The third-order valence-electron chi connectivity index (χ3n) is 7.10. The monoisotopic (exact) mass is 519 g/mol. The Morgan fingerprint density at radius 1 is 0.676 bits per heavy atom. The van der Waals surface area contributed by atoms with Crippen molar-refractivity contribution in [2.24, 2.45) is 0 Å². The molecule has 3 aromatic carbocycles. The van der Waals surface area contributed by atoms with Crippen LogP contribution in [0, 0.1) is 20.8 Å². The molecule has 0 aliphatic carbocycles. The average molecular weight is 520 g/mol. The second kappa shape index (κ2) is 10.0. The molecule has 0 aromatic heterocycles. The number of aryl methyl sites for hydroxylation is 2. The van der Waals surface area contributed by atoms with Crippen molar-refractivity contribution in [3.63, 3.8) is 0 Å². The molecule has 2 nitrogen and oxygen atoms in total. The van der Waals surface area contributed by atoms with E-state index in [0.29, 0.717) is 26.2 Å². The molecule has 0 saturated carbocycles. The van der Waals surface area contributed by atoms with Gasteiger partial charge in [0.05, 0.1) is 16.7 Å². The van der Waals surface area contributed by atoms with Gasteiger partial charge in [-0.15, -0.1) is 0 Å². The maximum absolute atomic E-state index is 13.5. The summed E-state index contributed by atoms with van der Waals surface area (Å²) in [4.78, 5) is 4.35. The molecule has 1 atom stereocenters. The summed E-state index contributed by atoms with van der Waals surface area (Å²) >= 11 is 0. The van der Waals surface area contributed by atoms with Crippen molar-refractivity contribution in [3.8, 4) is 0 Å². The summed E-state index contributed by atoms with van der Waals surface area (Å²) in [6, 6.07) is 17.0. The smallest absolute Gasteiger partial charge is 0.369 e. The zero-order valence-electron chi connectivity index (χ0n) is 20.8. The van der Waals surface area contributed by atoms with Gasteiger partial charge in [-0.25, -0.2) is 0 Å². The van der Waals surface area contributed by atoms with Gasteiger partial charge in [0.15, 0.2) is 0 Å². The molecule has 197 valence electrons. The molecule has 3 aromatic rings. The first-order valence-corrected chi connectivity index (χ1v) is 12.0. The van der Waals surface area contributed by atoms with E-state index in [1.807, 2.05) is 24.3 Å². The number of hydrogen-bond acceptors (Lipinski definition) is 2. The van der Waals surface area contributed by atoms with Crippen LogP contribution < -0.4 is 4.90 Å². The molecule has 1 fully saturated rings. The van der Waals surface area contributed by atoms with Crippen molar-refractivity contribution in [2.45, 2.75) is 38.2 Å². The zero-order valence-corrected chi connectivity index (χ0v) is 20.8. The van der Waals surface area contributed by atoms with Crippen LogP contribution in [-0.4, -0.2) is 31.1 Å². The Hall–Kier alpha value is -3.00. The van der Waals surface area contributed by atoms with Gasteiger partial charge in [-0.3, -0.25) is 4.90 Å². The van der Waals surface area contributed by atoms with Gasteiger partial charge in [0.25, 0.3) is 0 Å². The Kier molecular flexibility index (Phi) is 7.34. The van der Waals surface area contributed by atoms with Crippen molar-refractivity contribution in [1.82, 2.24) is 4.90 Å². The molecule has 1 radical (unpaired) electrons. The van der Waals surface area contributed by atoms with Crippen LogP contribution in [0.4, 0.5) is 32.0 Å². The lowest BCUT2D eigenvalue weighted by Gasteiger charge is -2.47. The fourth-order valence-electron chi connectivity index (χ4n) is 5.27. The standard InChI is InChI=1S/C29H29F6N2/c1-20-8-7-9-21(2)26(20)36-12-14-37(15-13-36)27(3,23-10-5-4-6-11-23)19-22-16-24(28(30,31)32)18-25(17-22)29(33,34)35/h4-11,16-18H,3,12-15,19H2,1-2H3. The number of alkyl halides is 6. The highest BCUT2D eigenvalue weighted by atomic mass is 19.4. The molecule has 4 rings (SSSR count). The Morgan fingerprint density at radius 2 is 1.19 bits per heavy atom.